The molecule has 0 amide bonds. The molecule has 2 rings (SSSR count). The first-order valence-corrected chi connectivity index (χ1v) is 7.23. The summed E-state index contributed by atoms with van der Waals surface area (Å²) in [5.41, 5.74) is 1.29. The second-order valence-corrected chi connectivity index (χ2v) is 5.27. The highest BCUT2D eigenvalue weighted by Crippen LogP contribution is 2.40. The molecule has 0 radical (unpaired) electrons. The molecule has 0 spiro atoms. The fraction of sp³-hybridized carbons (Fsp3) is 0.625. The molecule has 1 N–H and O–H groups in total. The highest BCUT2D eigenvalue weighted by Gasteiger charge is 2.27. The van der Waals surface area contributed by atoms with Crippen LogP contribution in [0.2, 0.25) is 0 Å². The van der Waals surface area contributed by atoms with Crippen LogP contribution in [-0.2, 0) is 0 Å². The average molecular weight is 263 g/mol. The molecule has 2 unspecified atom stereocenters. The molecule has 2 atom stereocenters. The molecule has 1 aliphatic rings. The third-order valence-corrected chi connectivity index (χ3v) is 3.99. The lowest BCUT2D eigenvalue weighted by atomic mass is 9.96. The fourth-order valence-electron chi connectivity index (χ4n) is 2.96. The number of methoxy groups -OCH3 is 2. The van der Waals surface area contributed by atoms with Gasteiger partial charge in [-0.1, -0.05) is 6.92 Å². The smallest absolute Gasteiger partial charge is 0.122 e. The lowest BCUT2D eigenvalue weighted by Gasteiger charge is -2.17. The second kappa shape index (κ2) is 6.80. The normalized spacial score (nSPS) is 22.5. The molecule has 0 saturated heterocycles. The van der Waals surface area contributed by atoms with E-state index in [0.717, 1.165) is 18.0 Å². The van der Waals surface area contributed by atoms with Gasteiger partial charge >= 0.3 is 0 Å². The van der Waals surface area contributed by atoms with Crippen molar-refractivity contribution in [3.63, 3.8) is 0 Å². The van der Waals surface area contributed by atoms with E-state index in [9.17, 15) is 0 Å². The Bertz CT molecular complexity index is 406. The van der Waals surface area contributed by atoms with Crippen LogP contribution in [0.4, 0.5) is 0 Å². The van der Waals surface area contributed by atoms with Gasteiger partial charge in [0.25, 0.3) is 0 Å². The second-order valence-electron chi connectivity index (χ2n) is 5.27. The lowest BCUT2D eigenvalue weighted by molar-refractivity contribution is 0.394. The molecule has 0 aromatic heterocycles. The molecular formula is C16H25NO2. The van der Waals surface area contributed by atoms with Crippen molar-refractivity contribution in [2.45, 2.75) is 44.6 Å². The SMILES string of the molecule is CCCNC1CCC(c2cc(OC)ccc2OC)C1. The molecule has 1 saturated carbocycles. The molecular weight excluding hydrogens is 238 g/mol. The maximum atomic E-state index is 5.50. The maximum Gasteiger partial charge on any atom is 0.122 e. The minimum absolute atomic E-state index is 0.583. The first-order valence-electron chi connectivity index (χ1n) is 7.23. The van der Waals surface area contributed by atoms with Crippen LogP contribution in [0.3, 0.4) is 0 Å². The third kappa shape index (κ3) is 3.41. The van der Waals surface area contributed by atoms with Gasteiger partial charge in [-0.15, -0.1) is 0 Å². The van der Waals surface area contributed by atoms with Gasteiger partial charge in [-0.2, -0.15) is 0 Å². The molecule has 1 aromatic rings. The van der Waals surface area contributed by atoms with Crippen LogP contribution in [-0.4, -0.2) is 26.8 Å². The fourth-order valence-corrected chi connectivity index (χ4v) is 2.96. The van der Waals surface area contributed by atoms with E-state index in [1.54, 1.807) is 14.2 Å². The Kier molecular flexibility index (Phi) is 5.08. The summed E-state index contributed by atoms with van der Waals surface area (Å²) in [6.45, 7) is 3.33. The Morgan fingerprint density at radius 2 is 2.05 bits per heavy atom. The van der Waals surface area contributed by atoms with Crippen molar-refractivity contribution >= 4 is 0 Å². The van der Waals surface area contributed by atoms with E-state index >= 15 is 0 Å². The Balaban J connectivity index is 2.09. The van der Waals surface area contributed by atoms with Crippen molar-refractivity contribution in [1.29, 1.82) is 0 Å². The Hall–Kier alpha value is -1.22. The molecule has 3 nitrogen and oxygen atoms in total. The molecule has 3 heteroatoms. The number of rotatable bonds is 6. The zero-order chi connectivity index (χ0) is 13.7. The molecule has 1 aliphatic carbocycles. The summed E-state index contributed by atoms with van der Waals surface area (Å²) in [4.78, 5) is 0. The van der Waals surface area contributed by atoms with Crippen molar-refractivity contribution in [3.8, 4) is 11.5 Å². The summed E-state index contributed by atoms with van der Waals surface area (Å²) in [5.74, 6) is 2.49. The van der Waals surface area contributed by atoms with Gasteiger partial charge < -0.3 is 14.8 Å². The van der Waals surface area contributed by atoms with Gasteiger partial charge in [0.2, 0.25) is 0 Å². The van der Waals surface area contributed by atoms with E-state index in [0.29, 0.717) is 12.0 Å². The number of hydrogen-bond donors (Lipinski definition) is 1. The number of ether oxygens (including phenoxy) is 2. The summed E-state index contributed by atoms with van der Waals surface area (Å²) in [6, 6.07) is 6.76. The van der Waals surface area contributed by atoms with Crippen LogP contribution in [0.5, 0.6) is 11.5 Å². The molecule has 19 heavy (non-hydrogen) atoms. The van der Waals surface area contributed by atoms with E-state index in [4.69, 9.17) is 9.47 Å². The molecule has 0 heterocycles. The quantitative estimate of drug-likeness (QED) is 0.854. The summed E-state index contributed by atoms with van der Waals surface area (Å²) in [7, 11) is 3.46. The van der Waals surface area contributed by atoms with E-state index < -0.39 is 0 Å². The summed E-state index contributed by atoms with van der Waals surface area (Å²) >= 11 is 0. The van der Waals surface area contributed by atoms with Gasteiger partial charge in [-0.3, -0.25) is 0 Å². The summed E-state index contributed by atoms with van der Waals surface area (Å²) in [6.07, 6.45) is 4.88. The molecule has 1 fully saturated rings. The Labute approximate surface area is 116 Å². The van der Waals surface area contributed by atoms with Crippen molar-refractivity contribution < 1.29 is 9.47 Å². The van der Waals surface area contributed by atoms with Crippen LogP contribution >= 0.6 is 0 Å². The van der Waals surface area contributed by atoms with Crippen molar-refractivity contribution in [2.24, 2.45) is 0 Å². The van der Waals surface area contributed by atoms with Crippen molar-refractivity contribution in [2.75, 3.05) is 20.8 Å². The number of benzene rings is 1. The predicted octanol–water partition coefficient (Wildman–Crippen LogP) is 3.34. The van der Waals surface area contributed by atoms with Crippen molar-refractivity contribution in [3.05, 3.63) is 23.8 Å². The molecule has 106 valence electrons. The monoisotopic (exact) mass is 263 g/mol. The minimum atomic E-state index is 0.583. The van der Waals surface area contributed by atoms with Crippen LogP contribution in [0, 0.1) is 0 Å². The van der Waals surface area contributed by atoms with Crippen LogP contribution in [0.25, 0.3) is 0 Å². The lowest BCUT2D eigenvalue weighted by Crippen LogP contribution is -2.26. The van der Waals surface area contributed by atoms with Gasteiger partial charge in [-0.25, -0.2) is 0 Å². The van der Waals surface area contributed by atoms with E-state index in [1.165, 1.54) is 31.2 Å². The average Bonchev–Trinajstić information content (AvgIpc) is 2.93. The van der Waals surface area contributed by atoms with E-state index in [-0.39, 0.29) is 0 Å². The molecule has 0 bridgehead atoms. The van der Waals surface area contributed by atoms with Gasteiger partial charge in [0.15, 0.2) is 0 Å². The standard InChI is InChI=1S/C16H25NO2/c1-4-9-17-13-6-5-12(10-13)15-11-14(18-2)7-8-16(15)19-3/h7-8,11-13,17H,4-6,9-10H2,1-3H3. The topological polar surface area (TPSA) is 30.5 Å². The zero-order valence-electron chi connectivity index (χ0n) is 12.2. The predicted molar refractivity (Wildman–Crippen MR) is 78.2 cm³/mol. The van der Waals surface area contributed by atoms with E-state index in [2.05, 4.69) is 18.3 Å². The maximum absolute atomic E-state index is 5.50. The van der Waals surface area contributed by atoms with Crippen LogP contribution in [0.15, 0.2) is 18.2 Å². The zero-order valence-corrected chi connectivity index (χ0v) is 12.2. The number of nitrogens with one attached hydrogen (secondary N) is 1. The minimum Gasteiger partial charge on any atom is -0.497 e. The van der Waals surface area contributed by atoms with Gasteiger partial charge in [0.05, 0.1) is 14.2 Å². The Morgan fingerprint density at radius 1 is 1.21 bits per heavy atom. The van der Waals surface area contributed by atoms with Gasteiger partial charge in [0, 0.05) is 11.6 Å². The largest absolute Gasteiger partial charge is 0.497 e. The molecule has 1 aromatic carbocycles. The van der Waals surface area contributed by atoms with Gasteiger partial charge in [-0.05, 0) is 56.3 Å². The highest BCUT2D eigenvalue weighted by atomic mass is 16.5. The van der Waals surface area contributed by atoms with Crippen molar-refractivity contribution in [1.82, 2.24) is 5.32 Å². The first-order chi connectivity index (χ1) is 9.28. The third-order valence-electron chi connectivity index (χ3n) is 3.99. The molecule has 0 aliphatic heterocycles. The first kappa shape index (κ1) is 14.2. The van der Waals surface area contributed by atoms with Gasteiger partial charge in [0.1, 0.15) is 11.5 Å². The summed E-state index contributed by atoms with van der Waals surface area (Å²) in [5, 5.41) is 3.63. The van der Waals surface area contributed by atoms with Crippen LogP contribution < -0.4 is 14.8 Å². The van der Waals surface area contributed by atoms with E-state index in [1.807, 2.05) is 12.1 Å². The van der Waals surface area contributed by atoms with Crippen LogP contribution in [0.1, 0.15) is 44.1 Å². The Morgan fingerprint density at radius 3 is 2.74 bits per heavy atom. The summed E-state index contributed by atoms with van der Waals surface area (Å²) < 4.78 is 10.8. The number of hydrogen-bond acceptors (Lipinski definition) is 3. The highest BCUT2D eigenvalue weighted by molar-refractivity contribution is 5.43.